The van der Waals surface area contributed by atoms with Crippen molar-refractivity contribution in [1.29, 1.82) is 0 Å². The molecule has 1 aliphatic heterocycles. The van der Waals surface area contributed by atoms with Crippen LogP contribution in [0.3, 0.4) is 0 Å². The lowest BCUT2D eigenvalue weighted by Gasteiger charge is -2.41. The van der Waals surface area contributed by atoms with Crippen LogP contribution in [0.2, 0.25) is 0 Å². The van der Waals surface area contributed by atoms with E-state index in [-0.39, 0.29) is 18.1 Å². The predicted molar refractivity (Wildman–Crippen MR) is 124 cm³/mol. The van der Waals surface area contributed by atoms with E-state index >= 15 is 0 Å². The summed E-state index contributed by atoms with van der Waals surface area (Å²) in [6.07, 6.45) is 5.38. The molecular weight excluding hydrogens is 418 g/mol. The number of nitrogens with one attached hydrogen (secondary N) is 1. The number of urea groups is 1. The van der Waals surface area contributed by atoms with Crippen LogP contribution < -0.4 is 5.32 Å². The van der Waals surface area contributed by atoms with Crippen LogP contribution in [-0.2, 0) is 0 Å². The van der Waals surface area contributed by atoms with E-state index in [1.54, 1.807) is 17.6 Å². The van der Waals surface area contributed by atoms with Gasteiger partial charge in [-0.3, -0.25) is 0 Å². The average Bonchev–Trinajstić information content (AvgIpc) is 3.42. The van der Waals surface area contributed by atoms with Crippen LogP contribution in [-0.4, -0.2) is 41.7 Å². The quantitative estimate of drug-likeness (QED) is 0.486. The number of fused-ring (bicyclic) bond motifs is 1. The Balaban J connectivity index is 1.43. The lowest BCUT2D eigenvalue weighted by Crippen LogP contribution is -2.48. The van der Waals surface area contributed by atoms with E-state index in [1.807, 2.05) is 48.4 Å². The van der Waals surface area contributed by atoms with Crippen LogP contribution >= 0.6 is 0 Å². The van der Waals surface area contributed by atoms with E-state index in [4.69, 9.17) is 4.52 Å². The third kappa shape index (κ3) is 4.06. The number of anilines is 1. The molecule has 0 spiro atoms. The molecule has 0 saturated carbocycles. The van der Waals surface area contributed by atoms with Crippen LogP contribution in [0.5, 0.6) is 0 Å². The van der Waals surface area contributed by atoms with E-state index in [2.05, 4.69) is 39.4 Å². The van der Waals surface area contributed by atoms with Gasteiger partial charge in [0.1, 0.15) is 6.04 Å². The van der Waals surface area contributed by atoms with Crippen molar-refractivity contribution in [2.75, 3.05) is 5.32 Å². The molecule has 4 aromatic rings. The van der Waals surface area contributed by atoms with E-state index in [0.29, 0.717) is 29.1 Å². The maximum absolute atomic E-state index is 13.4. The summed E-state index contributed by atoms with van der Waals surface area (Å²) in [4.78, 5) is 24.2. The minimum absolute atomic E-state index is 0.0374. The molecule has 2 unspecified atom stereocenters. The van der Waals surface area contributed by atoms with Gasteiger partial charge in [0.25, 0.3) is 0 Å². The fraction of sp³-hybridized carbons (Fsp3) is 0.375. The van der Waals surface area contributed by atoms with Crippen molar-refractivity contribution in [3.8, 4) is 11.4 Å². The monoisotopic (exact) mass is 445 g/mol. The molecule has 33 heavy (non-hydrogen) atoms. The van der Waals surface area contributed by atoms with Gasteiger partial charge in [0.2, 0.25) is 5.89 Å². The number of hydrogen-bond donors (Lipinski definition) is 1. The number of benzene rings is 1. The molecule has 0 bridgehead atoms. The molecule has 1 N–H and O–H groups in total. The second-order valence-electron chi connectivity index (χ2n) is 8.95. The molecule has 5 rings (SSSR count). The fourth-order valence-electron chi connectivity index (χ4n) is 4.69. The van der Waals surface area contributed by atoms with Crippen molar-refractivity contribution in [3.05, 3.63) is 60.0 Å². The highest BCUT2D eigenvalue weighted by molar-refractivity contribution is 5.90. The zero-order valence-corrected chi connectivity index (χ0v) is 19.2. The van der Waals surface area contributed by atoms with Gasteiger partial charge in [0.15, 0.2) is 11.6 Å². The molecule has 4 heterocycles. The number of piperidine rings is 1. The molecule has 9 nitrogen and oxygen atoms in total. The van der Waals surface area contributed by atoms with E-state index in [1.165, 1.54) is 0 Å². The Morgan fingerprint density at radius 1 is 1.18 bits per heavy atom. The number of hydrogen-bond acceptors (Lipinski definition) is 6. The first-order valence-corrected chi connectivity index (χ1v) is 11.2. The molecule has 3 aromatic heterocycles. The van der Waals surface area contributed by atoms with Gasteiger partial charge in [-0.15, -0.1) is 5.10 Å². The van der Waals surface area contributed by atoms with Crippen LogP contribution in [0, 0.1) is 19.8 Å². The number of carbonyl (C=O) groups is 1. The van der Waals surface area contributed by atoms with E-state index in [0.717, 1.165) is 29.5 Å². The van der Waals surface area contributed by atoms with E-state index < -0.39 is 0 Å². The highest BCUT2D eigenvalue weighted by Crippen LogP contribution is 2.37. The van der Waals surface area contributed by atoms with Crippen LogP contribution in [0.1, 0.15) is 50.0 Å². The zero-order chi connectivity index (χ0) is 23.1. The summed E-state index contributed by atoms with van der Waals surface area (Å²) in [5.41, 5.74) is 3.51. The summed E-state index contributed by atoms with van der Waals surface area (Å²) in [6.45, 7) is 8.04. The summed E-state index contributed by atoms with van der Waals surface area (Å²) in [5, 5.41) is 11.6. The summed E-state index contributed by atoms with van der Waals surface area (Å²) in [5.74, 6) is 2.11. The maximum Gasteiger partial charge on any atom is 0.322 e. The molecule has 1 aliphatic rings. The van der Waals surface area contributed by atoms with Crippen molar-refractivity contribution in [2.24, 2.45) is 5.92 Å². The third-order valence-corrected chi connectivity index (χ3v) is 6.25. The second-order valence-corrected chi connectivity index (χ2v) is 8.95. The summed E-state index contributed by atoms with van der Waals surface area (Å²) < 4.78 is 7.24. The van der Waals surface area contributed by atoms with Crippen molar-refractivity contribution in [2.45, 2.75) is 52.6 Å². The zero-order valence-electron chi connectivity index (χ0n) is 19.2. The smallest absolute Gasteiger partial charge is 0.322 e. The number of aromatic nitrogens is 5. The Kier molecular flexibility index (Phi) is 5.32. The minimum Gasteiger partial charge on any atom is -0.337 e. The van der Waals surface area contributed by atoms with Crippen molar-refractivity contribution in [3.63, 3.8) is 0 Å². The molecule has 2 amide bonds. The number of aryl methyl sites for hydroxylation is 2. The van der Waals surface area contributed by atoms with Gasteiger partial charge in [-0.25, -0.2) is 14.3 Å². The minimum atomic E-state index is -0.255. The van der Waals surface area contributed by atoms with Gasteiger partial charge >= 0.3 is 6.03 Å². The first-order valence-electron chi connectivity index (χ1n) is 11.2. The van der Waals surface area contributed by atoms with Crippen LogP contribution in [0.4, 0.5) is 10.5 Å². The number of likely N-dealkylation sites (tertiary alicyclic amines) is 1. The summed E-state index contributed by atoms with van der Waals surface area (Å²) in [6, 6.07) is 9.26. The number of carbonyl (C=O) groups excluding carboxylic acids is 1. The normalized spacial score (nSPS) is 20.8. The van der Waals surface area contributed by atoms with Crippen molar-refractivity contribution in [1.82, 2.24) is 29.6 Å². The molecule has 1 saturated heterocycles. The number of rotatable bonds is 3. The molecule has 0 radical (unpaired) electrons. The topological polar surface area (TPSA) is 101 Å². The predicted octanol–water partition coefficient (Wildman–Crippen LogP) is 4.79. The molecular formula is C24H27N7O2. The Morgan fingerprint density at radius 2 is 2.03 bits per heavy atom. The Hall–Kier alpha value is -3.75. The highest BCUT2D eigenvalue weighted by atomic mass is 16.5. The SMILES string of the molecule is Cc1noc(C2CC(C)C[C@@H](C)N2C(=O)Nc2ccc(C)c(-c3ncc4cccn4n3)c2)n1. The summed E-state index contributed by atoms with van der Waals surface area (Å²) in [7, 11) is 0. The standard InChI is InChI=1S/C24H27N7O2/c1-14-10-16(3)31(21(11-14)23-26-17(4)29-33-23)24(32)27-18-8-7-15(2)20(12-18)22-25-13-19-6-5-9-30(19)28-22/h5-9,12-14,16,21H,10-11H2,1-4H3,(H,27,32)/t14?,16-,21?/m1/s1. The Labute approximate surface area is 191 Å². The molecule has 9 heteroatoms. The number of amides is 2. The highest BCUT2D eigenvalue weighted by Gasteiger charge is 2.38. The van der Waals surface area contributed by atoms with Crippen molar-refractivity contribution < 1.29 is 9.32 Å². The molecule has 3 atom stereocenters. The Morgan fingerprint density at radius 3 is 2.82 bits per heavy atom. The number of nitrogens with zero attached hydrogens (tertiary/aromatic N) is 6. The third-order valence-electron chi connectivity index (χ3n) is 6.25. The van der Waals surface area contributed by atoms with E-state index in [9.17, 15) is 4.79 Å². The molecule has 1 fully saturated rings. The van der Waals surface area contributed by atoms with Crippen LogP contribution in [0.15, 0.2) is 47.2 Å². The largest absolute Gasteiger partial charge is 0.337 e. The van der Waals surface area contributed by atoms with Crippen molar-refractivity contribution >= 4 is 17.2 Å². The molecule has 1 aromatic carbocycles. The molecule has 0 aliphatic carbocycles. The second kappa shape index (κ2) is 8.31. The lowest BCUT2D eigenvalue weighted by molar-refractivity contribution is 0.0818. The fourth-order valence-corrected chi connectivity index (χ4v) is 4.69. The van der Waals surface area contributed by atoms with Gasteiger partial charge < -0.3 is 14.7 Å². The lowest BCUT2D eigenvalue weighted by atomic mass is 9.88. The maximum atomic E-state index is 13.4. The van der Waals surface area contributed by atoms with Crippen LogP contribution in [0.25, 0.3) is 16.9 Å². The Bertz CT molecular complexity index is 1310. The molecule has 170 valence electrons. The van der Waals surface area contributed by atoms with Gasteiger partial charge in [0.05, 0.1) is 11.7 Å². The summed E-state index contributed by atoms with van der Waals surface area (Å²) >= 11 is 0. The first kappa shape index (κ1) is 21.1. The van der Waals surface area contributed by atoms with Gasteiger partial charge in [0, 0.05) is 23.5 Å². The first-order chi connectivity index (χ1) is 15.9. The van der Waals surface area contributed by atoms with Gasteiger partial charge in [-0.05, 0) is 69.4 Å². The average molecular weight is 446 g/mol. The van der Waals surface area contributed by atoms with Gasteiger partial charge in [-0.1, -0.05) is 18.1 Å². The van der Waals surface area contributed by atoms with Gasteiger partial charge in [-0.2, -0.15) is 4.98 Å².